The number of carbonyl (C=O) groups is 3. The first kappa shape index (κ1) is 27.3. The Hall–Kier alpha value is -2.77. The zero-order chi connectivity index (χ0) is 24.3. The molecule has 1 fully saturated rings. The van der Waals surface area contributed by atoms with E-state index in [4.69, 9.17) is 4.74 Å². The Balaban J connectivity index is 2.64. The fraction of sp³-hybridized carbons (Fsp3) is 0.480. The van der Waals surface area contributed by atoms with Gasteiger partial charge in [-0.2, -0.15) is 0 Å². The van der Waals surface area contributed by atoms with Gasteiger partial charge in [-0.05, 0) is 59.1 Å². The maximum atomic E-state index is 12.3. The van der Waals surface area contributed by atoms with Gasteiger partial charge < -0.3 is 10.1 Å². The predicted molar refractivity (Wildman–Crippen MR) is 128 cm³/mol. The molecular formula is C25H37N3O4. The van der Waals surface area contributed by atoms with Gasteiger partial charge in [0.2, 0.25) is 17.7 Å². The lowest BCUT2D eigenvalue weighted by Crippen LogP contribution is -2.60. The van der Waals surface area contributed by atoms with Gasteiger partial charge >= 0.3 is 0 Å². The summed E-state index contributed by atoms with van der Waals surface area (Å²) in [5, 5.41) is 8.34. The van der Waals surface area contributed by atoms with Crippen LogP contribution < -0.4 is 16.0 Å². The van der Waals surface area contributed by atoms with Gasteiger partial charge in [0.1, 0.15) is 0 Å². The van der Waals surface area contributed by atoms with Crippen molar-refractivity contribution in [1.82, 2.24) is 16.0 Å². The molecule has 7 heteroatoms. The number of carbonyl (C=O) groups excluding carboxylic acids is 3. The van der Waals surface area contributed by atoms with Gasteiger partial charge in [0.05, 0.1) is 18.9 Å². The molecule has 0 aromatic rings. The summed E-state index contributed by atoms with van der Waals surface area (Å²) in [6.07, 6.45) is 8.32. The quantitative estimate of drug-likeness (QED) is 0.150. The molecule has 1 atom stereocenters. The Morgan fingerprint density at radius 3 is 2.47 bits per heavy atom. The van der Waals surface area contributed by atoms with E-state index < -0.39 is 5.54 Å². The van der Waals surface area contributed by atoms with Gasteiger partial charge in [0, 0.05) is 18.5 Å². The smallest absolute Gasteiger partial charge is 0.247 e. The van der Waals surface area contributed by atoms with Crippen molar-refractivity contribution in [3.8, 4) is 0 Å². The van der Waals surface area contributed by atoms with Crippen molar-refractivity contribution in [2.45, 2.75) is 59.9 Å². The molecule has 7 nitrogen and oxygen atoms in total. The van der Waals surface area contributed by atoms with Gasteiger partial charge in [-0.25, -0.2) is 0 Å². The van der Waals surface area contributed by atoms with E-state index in [-0.39, 0.29) is 24.5 Å². The lowest BCUT2D eigenvalue weighted by atomic mass is 9.91. The van der Waals surface area contributed by atoms with Crippen molar-refractivity contribution < 1.29 is 19.1 Å². The molecule has 1 heterocycles. The van der Waals surface area contributed by atoms with E-state index in [1.807, 2.05) is 45.9 Å². The zero-order valence-corrected chi connectivity index (χ0v) is 20.2. The second kappa shape index (κ2) is 12.9. The van der Waals surface area contributed by atoms with E-state index in [9.17, 15) is 14.4 Å². The fourth-order valence-corrected chi connectivity index (χ4v) is 2.78. The van der Waals surface area contributed by atoms with Crippen LogP contribution in [0.5, 0.6) is 0 Å². The molecule has 3 amide bonds. The maximum absolute atomic E-state index is 12.3. The normalized spacial score (nSPS) is 20.0. The molecule has 176 valence electrons. The third-order valence-corrected chi connectivity index (χ3v) is 5.18. The molecule has 0 aromatic carbocycles. The highest BCUT2D eigenvalue weighted by molar-refractivity contribution is 6.02. The first-order chi connectivity index (χ1) is 15.0. The molecule has 1 saturated heterocycles. The molecule has 0 aliphatic carbocycles. The number of imide groups is 1. The first-order valence-corrected chi connectivity index (χ1v) is 10.8. The molecule has 0 spiro atoms. The Morgan fingerprint density at radius 2 is 1.91 bits per heavy atom. The molecule has 0 bridgehead atoms. The lowest BCUT2D eigenvalue weighted by Gasteiger charge is -2.32. The average Bonchev–Trinajstić information content (AvgIpc) is 2.73. The van der Waals surface area contributed by atoms with Gasteiger partial charge in [-0.3, -0.25) is 25.0 Å². The van der Waals surface area contributed by atoms with Crippen LogP contribution in [0.3, 0.4) is 0 Å². The standard InChI is InChI=1S/C25H37N3O4/c1-8-20(14-26-23(30)19(6)10-9-17(2)3)13-21(18(4)5)15-32-16-27-25(7)12-11-22(29)28-24(25)31/h8-10,13,27H,4,11-12,14-16H2,1-3,5-7H3,(H,26,30)(H,28,29,31)/b19-10+,20-8+,21-13-/t25-/m0/s1. The van der Waals surface area contributed by atoms with Crippen molar-refractivity contribution in [1.29, 1.82) is 0 Å². The van der Waals surface area contributed by atoms with Crippen LogP contribution in [-0.4, -0.2) is 43.1 Å². The number of nitrogens with one attached hydrogen (secondary N) is 3. The summed E-state index contributed by atoms with van der Waals surface area (Å²) in [6.45, 7) is 16.1. The highest BCUT2D eigenvalue weighted by Gasteiger charge is 2.37. The van der Waals surface area contributed by atoms with Gasteiger partial charge in [-0.1, -0.05) is 42.0 Å². The summed E-state index contributed by atoms with van der Waals surface area (Å²) in [6, 6.07) is 0. The Morgan fingerprint density at radius 1 is 1.22 bits per heavy atom. The van der Waals surface area contributed by atoms with Crippen LogP contribution in [-0.2, 0) is 19.1 Å². The number of piperidine rings is 1. The Labute approximate surface area is 191 Å². The SMILES string of the molecule is C=C(C)/C(=C\C(=C/C)CNC(=O)/C(C)=C/C=C(C)C)COCN[C@@]1(C)CCC(=O)NC1=O. The molecular weight excluding hydrogens is 406 g/mol. The molecule has 0 aromatic heterocycles. The number of amides is 3. The Bertz CT molecular complexity index is 860. The van der Waals surface area contributed by atoms with Crippen LogP contribution in [0.25, 0.3) is 0 Å². The highest BCUT2D eigenvalue weighted by atomic mass is 16.5. The van der Waals surface area contributed by atoms with Crippen LogP contribution in [0.2, 0.25) is 0 Å². The van der Waals surface area contributed by atoms with Gasteiger partial charge in [0.25, 0.3) is 0 Å². The summed E-state index contributed by atoms with van der Waals surface area (Å²) in [5.74, 6) is -0.713. The molecule has 0 saturated carbocycles. The third kappa shape index (κ3) is 9.16. The van der Waals surface area contributed by atoms with Crippen molar-refractivity contribution in [3.63, 3.8) is 0 Å². The summed E-state index contributed by atoms with van der Waals surface area (Å²) < 4.78 is 5.73. The zero-order valence-electron chi connectivity index (χ0n) is 20.2. The molecule has 3 N–H and O–H groups in total. The second-order valence-corrected chi connectivity index (χ2v) is 8.47. The minimum atomic E-state index is -0.837. The van der Waals surface area contributed by atoms with Crippen molar-refractivity contribution in [3.05, 3.63) is 58.7 Å². The van der Waals surface area contributed by atoms with Crippen LogP contribution in [0.4, 0.5) is 0 Å². The van der Waals surface area contributed by atoms with Gasteiger partial charge in [0.15, 0.2) is 0 Å². The summed E-state index contributed by atoms with van der Waals surface area (Å²) in [4.78, 5) is 35.7. The topological polar surface area (TPSA) is 96.5 Å². The number of hydrogen-bond acceptors (Lipinski definition) is 5. The molecule has 1 rings (SSSR count). The minimum absolute atomic E-state index is 0.120. The molecule has 32 heavy (non-hydrogen) atoms. The van der Waals surface area contributed by atoms with Crippen molar-refractivity contribution in [2.24, 2.45) is 0 Å². The second-order valence-electron chi connectivity index (χ2n) is 8.47. The Kier molecular flexibility index (Phi) is 11.0. The summed E-state index contributed by atoms with van der Waals surface area (Å²) >= 11 is 0. The molecule has 1 aliphatic rings. The van der Waals surface area contributed by atoms with E-state index in [2.05, 4.69) is 22.5 Å². The van der Waals surface area contributed by atoms with E-state index in [0.717, 1.165) is 22.3 Å². The van der Waals surface area contributed by atoms with Crippen LogP contribution in [0, 0.1) is 0 Å². The van der Waals surface area contributed by atoms with Gasteiger partial charge in [-0.15, -0.1) is 0 Å². The fourth-order valence-electron chi connectivity index (χ4n) is 2.78. The summed E-state index contributed by atoms with van der Waals surface area (Å²) in [7, 11) is 0. The molecule has 0 radical (unpaired) electrons. The molecule has 0 unspecified atom stereocenters. The predicted octanol–water partition coefficient (Wildman–Crippen LogP) is 3.22. The largest absolute Gasteiger partial charge is 0.362 e. The monoisotopic (exact) mass is 443 g/mol. The first-order valence-electron chi connectivity index (χ1n) is 10.8. The lowest BCUT2D eigenvalue weighted by molar-refractivity contribution is -0.138. The number of allylic oxidation sites excluding steroid dienone is 4. The van der Waals surface area contributed by atoms with Crippen molar-refractivity contribution in [2.75, 3.05) is 19.9 Å². The molecule has 1 aliphatic heterocycles. The van der Waals surface area contributed by atoms with E-state index in [0.29, 0.717) is 31.6 Å². The van der Waals surface area contributed by atoms with Crippen molar-refractivity contribution >= 4 is 17.7 Å². The maximum Gasteiger partial charge on any atom is 0.247 e. The van der Waals surface area contributed by atoms with Crippen LogP contribution in [0.1, 0.15) is 54.4 Å². The van der Waals surface area contributed by atoms with Crippen LogP contribution in [0.15, 0.2) is 58.7 Å². The third-order valence-electron chi connectivity index (χ3n) is 5.18. The summed E-state index contributed by atoms with van der Waals surface area (Å²) in [5.41, 5.74) is 3.60. The van der Waals surface area contributed by atoms with Crippen LogP contribution >= 0.6 is 0 Å². The number of hydrogen-bond donors (Lipinski definition) is 3. The van der Waals surface area contributed by atoms with E-state index in [1.54, 1.807) is 19.9 Å². The van der Waals surface area contributed by atoms with E-state index >= 15 is 0 Å². The van der Waals surface area contributed by atoms with E-state index in [1.165, 1.54) is 0 Å². The number of ether oxygens (including phenoxy) is 1. The number of rotatable bonds is 11. The highest BCUT2D eigenvalue weighted by Crippen LogP contribution is 2.17. The average molecular weight is 444 g/mol. The minimum Gasteiger partial charge on any atom is -0.362 e.